The molecule has 0 saturated heterocycles. The summed E-state index contributed by atoms with van der Waals surface area (Å²) < 4.78 is 0. The minimum atomic E-state index is -0.680. The maximum absolute atomic E-state index is 13.2. The molecule has 3 aromatic rings. The molecule has 2 N–H and O–H groups in total. The monoisotopic (exact) mass is 491 g/mol. The number of hydrogen-bond donors (Lipinski definition) is 2. The second kappa shape index (κ2) is 11.9. The molecule has 7 nitrogen and oxygen atoms in total. The molecule has 35 heavy (non-hydrogen) atoms. The number of nitrogens with one attached hydrogen (secondary N) is 2. The second-order valence-electron chi connectivity index (χ2n) is 9.34. The van der Waals surface area contributed by atoms with Gasteiger partial charge in [0.25, 0.3) is 0 Å². The van der Waals surface area contributed by atoms with Gasteiger partial charge in [-0.15, -0.1) is 10.2 Å². The van der Waals surface area contributed by atoms with E-state index >= 15 is 0 Å². The molecule has 2 amide bonds. The summed E-state index contributed by atoms with van der Waals surface area (Å²) in [6.45, 7) is 0. The number of carbonyl (C=O) groups is 2. The second-order valence-corrected chi connectivity index (χ2v) is 10.3. The van der Waals surface area contributed by atoms with Crippen molar-refractivity contribution >= 4 is 34.0 Å². The van der Waals surface area contributed by atoms with E-state index in [0.29, 0.717) is 23.9 Å². The summed E-state index contributed by atoms with van der Waals surface area (Å²) in [5.74, 6) is 0.273. The number of carbonyl (C=O) groups excluding carboxylic acids is 2. The van der Waals surface area contributed by atoms with E-state index in [0.717, 1.165) is 28.2 Å². The lowest BCUT2D eigenvalue weighted by atomic mass is 10.0. The van der Waals surface area contributed by atoms with Gasteiger partial charge in [0, 0.05) is 38.2 Å². The summed E-state index contributed by atoms with van der Waals surface area (Å²) in [4.78, 5) is 27.9. The van der Waals surface area contributed by atoms with Crippen LogP contribution in [-0.2, 0) is 16.0 Å². The number of amides is 2. The maximum atomic E-state index is 13.2. The summed E-state index contributed by atoms with van der Waals surface area (Å²) in [6, 6.07) is 17.1. The molecular weight excluding hydrogens is 458 g/mol. The smallest absolute Gasteiger partial charge is 0.249 e. The summed E-state index contributed by atoms with van der Waals surface area (Å²) in [6.07, 6.45) is 6.69. The van der Waals surface area contributed by atoms with Gasteiger partial charge < -0.3 is 10.2 Å². The molecule has 0 spiro atoms. The van der Waals surface area contributed by atoms with Gasteiger partial charge >= 0.3 is 0 Å². The van der Waals surface area contributed by atoms with Crippen molar-refractivity contribution in [2.75, 3.05) is 24.3 Å². The molecule has 1 fully saturated rings. The van der Waals surface area contributed by atoms with Crippen molar-refractivity contribution in [2.45, 2.75) is 51.0 Å². The standard InChI is InChI=1S/C27H33N5O2S/c1-32(2)22-15-13-21(14-16-22)26-30-31-27(35-26)29-25(34)23(18-20-10-4-3-5-11-20)28-24(33)17-12-19-8-6-7-9-19/h3-5,10-11,13-16,19,23H,6-9,12,17-18H2,1-2H3,(H,28,33)(H,29,31,34). The van der Waals surface area contributed by atoms with Gasteiger partial charge in [-0.05, 0) is 42.2 Å². The van der Waals surface area contributed by atoms with E-state index in [1.165, 1.54) is 37.0 Å². The Morgan fingerprint density at radius 2 is 1.74 bits per heavy atom. The van der Waals surface area contributed by atoms with E-state index in [1.54, 1.807) is 0 Å². The van der Waals surface area contributed by atoms with E-state index in [9.17, 15) is 9.59 Å². The number of benzene rings is 2. The van der Waals surface area contributed by atoms with Crippen LogP contribution in [0.2, 0.25) is 0 Å². The average Bonchev–Trinajstić information content (AvgIpc) is 3.55. The van der Waals surface area contributed by atoms with Gasteiger partial charge in [0.1, 0.15) is 11.0 Å². The summed E-state index contributed by atoms with van der Waals surface area (Å²) in [5, 5.41) is 15.4. The average molecular weight is 492 g/mol. The molecule has 0 aliphatic heterocycles. The fraction of sp³-hybridized carbons (Fsp3) is 0.407. The quantitative estimate of drug-likeness (QED) is 0.421. The molecule has 8 heteroatoms. The van der Waals surface area contributed by atoms with Crippen molar-refractivity contribution in [3.8, 4) is 10.6 Å². The normalized spacial score (nSPS) is 14.5. The predicted octanol–water partition coefficient (Wildman–Crippen LogP) is 4.91. The highest BCUT2D eigenvalue weighted by Crippen LogP contribution is 2.29. The first-order valence-corrected chi connectivity index (χ1v) is 13.0. The van der Waals surface area contributed by atoms with Crippen molar-refractivity contribution in [1.29, 1.82) is 0 Å². The first kappa shape index (κ1) is 24.9. The molecule has 0 bridgehead atoms. The molecule has 1 saturated carbocycles. The SMILES string of the molecule is CN(C)c1ccc(-c2nnc(NC(=O)C(Cc3ccccc3)NC(=O)CCC3CCCC3)s2)cc1. The van der Waals surface area contributed by atoms with Crippen LogP contribution in [0.3, 0.4) is 0 Å². The van der Waals surface area contributed by atoms with Crippen molar-refractivity contribution in [3.05, 3.63) is 60.2 Å². The largest absolute Gasteiger partial charge is 0.378 e. The van der Waals surface area contributed by atoms with Gasteiger partial charge in [0.2, 0.25) is 16.9 Å². The third-order valence-electron chi connectivity index (χ3n) is 6.47. The molecule has 1 aliphatic carbocycles. The van der Waals surface area contributed by atoms with Crippen LogP contribution in [0.4, 0.5) is 10.8 Å². The molecule has 1 aromatic heterocycles. The van der Waals surface area contributed by atoms with Gasteiger partial charge in [0.15, 0.2) is 0 Å². The Kier molecular flexibility index (Phi) is 8.47. The van der Waals surface area contributed by atoms with Gasteiger partial charge in [0.05, 0.1) is 0 Å². The highest BCUT2D eigenvalue weighted by atomic mass is 32.1. The van der Waals surface area contributed by atoms with Crippen LogP contribution in [0.15, 0.2) is 54.6 Å². The minimum absolute atomic E-state index is 0.0769. The number of aromatic nitrogens is 2. The lowest BCUT2D eigenvalue weighted by molar-refractivity contribution is -0.126. The fourth-order valence-corrected chi connectivity index (χ4v) is 5.20. The van der Waals surface area contributed by atoms with Gasteiger partial charge in [-0.1, -0.05) is 67.4 Å². The number of rotatable bonds is 10. The number of anilines is 2. The number of hydrogen-bond acceptors (Lipinski definition) is 6. The lowest BCUT2D eigenvalue weighted by Gasteiger charge is -2.18. The predicted molar refractivity (Wildman–Crippen MR) is 142 cm³/mol. The Morgan fingerprint density at radius 3 is 2.43 bits per heavy atom. The highest BCUT2D eigenvalue weighted by molar-refractivity contribution is 7.18. The molecule has 1 aliphatic rings. The molecule has 1 heterocycles. The summed E-state index contributed by atoms with van der Waals surface area (Å²) in [7, 11) is 3.99. The zero-order valence-corrected chi connectivity index (χ0v) is 21.2. The van der Waals surface area contributed by atoms with E-state index in [2.05, 4.69) is 20.8 Å². The molecule has 0 radical (unpaired) electrons. The molecular formula is C27H33N5O2S. The first-order chi connectivity index (χ1) is 17.0. The Labute approximate surface area is 211 Å². The minimum Gasteiger partial charge on any atom is -0.378 e. The zero-order chi connectivity index (χ0) is 24.6. The van der Waals surface area contributed by atoms with Crippen LogP contribution in [0.5, 0.6) is 0 Å². The summed E-state index contributed by atoms with van der Waals surface area (Å²) >= 11 is 1.32. The molecule has 1 unspecified atom stereocenters. The van der Waals surface area contributed by atoms with Crippen molar-refractivity contribution in [3.63, 3.8) is 0 Å². The Bertz CT molecular complexity index is 1110. The molecule has 1 atom stereocenters. The van der Waals surface area contributed by atoms with Crippen molar-refractivity contribution in [1.82, 2.24) is 15.5 Å². The fourth-order valence-electron chi connectivity index (χ4n) is 4.44. The lowest BCUT2D eigenvalue weighted by Crippen LogP contribution is -2.45. The van der Waals surface area contributed by atoms with Gasteiger partial charge in [-0.2, -0.15) is 0 Å². The van der Waals surface area contributed by atoms with E-state index in [4.69, 9.17) is 0 Å². The van der Waals surface area contributed by atoms with Crippen molar-refractivity contribution < 1.29 is 9.59 Å². The third-order valence-corrected chi connectivity index (χ3v) is 7.36. The van der Waals surface area contributed by atoms with Crippen LogP contribution in [0.25, 0.3) is 10.6 Å². The van der Waals surface area contributed by atoms with E-state index < -0.39 is 6.04 Å². The first-order valence-electron chi connectivity index (χ1n) is 12.2. The van der Waals surface area contributed by atoms with E-state index in [-0.39, 0.29) is 11.8 Å². The maximum Gasteiger partial charge on any atom is 0.249 e. The van der Waals surface area contributed by atoms with Crippen LogP contribution >= 0.6 is 11.3 Å². The third kappa shape index (κ3) is 7.11. The van der Waals surface area contributed by atoms with Crippen LogP contribution < -0.4 is 15.5 Å². The Balaban J connectivity index is 1.41. The molecule has 184 valence electrons. The Hall–Kier alpha value is -3.26. The van der Waals surface area contributed by atoms with Crippen LogP contribution in [0, 0.1) is 5.92 Å². The van der Waals surface area contributed by atoms with Crippen LogP contribution in [0.1, 0.15) is 44.1 Å². The molecule has 2 aromatic carbocycles. The van der Waals surface area contributed by atoms with Crippen LogP contribution in [-0.4, -0.2) is 42.1 Å². The summed E-state index contributed by atoms with van der Waals surface area (Å²) in [5.41, 5.74) is 3.02. The topological polar surface area (TPSA) is 87.2 Å². The van der Waals surface area contributed by atoms with Gasteiger partial charge in [-0.25, -0.2) is 0 Å². The number of nitrogens with zero attached hydrogens (tertiary/aromatic N) is 3. The van der Waals surface area contributed by atoms with Crippen molar-refractivity contribution in [2.24, 2.45) is 5.92 Å². The van der Waals surface area contributed by atoms with E-state index in [1.807, 2.05) is 73.6 Å². The zero-order valence-electron chi connectivity index (χ0n) is 20.4. The van der Waals surface area contributed by atoms with Gasteiger partial charge in [-0.3, -0.25) is 14.9 Å². The highest BCUT2D eigenvalue weighted by Gasteiger charge is 2.24. The Morgan fingerprint density at radius 1 is 1.03 bits per heavy atom. The molecule has 4 rings (SSSR count).